The molecule has 1 aromatic carbocycles. The van der Waals surface area contributed by atoms with Gasteiger partial charge in [0, 0.05) is 7.05 Å². The molecule has 1 aliphatic rings. The molecule has 2 unspecified atom stereocenters. The van der Waals surface area contributed by atoms with Crippen molar-refractivity contribution in [2.45, 2.75) is 25.5 Å². The highest BCUT2D eigenvalue weighted by Gasteiger charge is 2.31. The molecular formula is C12H17FN2O. The molecule has 2 rings (SSSR count). The number of ether oxygens (including phenoxy) is 1. The van der Waals surface area contributed by atoms with Crippen molar-refractivity contribution in [3.8, 4) is 5.75 Å². The molecule has 0 saturated heterocycles. The molecule has 0 aromatic heterocycles. The summed E-state index contributed by atoms with van der Waals surface area (Å²) >= 11 is 0. The highest BCUT2D eigenvalue weighted by Crippen LogP contribution is 2.37. The van der Waals surface area contributed by atoms with Crippen molar-refractivity contribution in [2.75, 3.05) is 18.5 Å². The molecule has 0 spiro atoms. The standard InChI is InChI=1S/C12H17FN2O/c1-8-11(6-7-14)16-12-9(13)4-3-5-10(12)15(8)2/h3-5,8,11H,6-7,14H2,1-2H3. The van der Waals surface area contributed by atoms with Gasteiger partial charge >= 0.3 is 0 Å². The van der Waals surface area contributed by atoms with Crippen LogP contribution in [0.3, 0.4) is 0 Å². The number of fused-ring (bicyclic) bond motifs is 1. The molecular weight excluding hydrogens is 207 g/mol. The van der Waals surface area contributed by atoms with Crippen LogP contribution in [-0.4, -0.2) is 25.7 Å². The number of benzene rings is 1. The Labute approximate surface area is 95.0 Å². The second-order valence-corrected chi connectivity index (χ2v) is 4.17. The van der Waals surface area contributed by atoms with Gasteiger partial charge in [0.15, 0.2) is 11.6 Å². The van der Waals surface area contributed by atoms with E-state index in [4.69, 9.17) is 10.5 Å². The van der Waals surface area contributed by atoms with Crippen molar-refractivity contribution in [2.24, 2.45) is 5.73 Å². The number of nitrogens with two attached hydrogens (primary N) is 1. The summed E-state index contributed by atoms with van der Waals surface area (Å²) < 4.78 is 19.3. The van der Waals surface area contributed by atoms with E-state index in [2.05, 4.69) is 6.92 Å². The topological polar surface area (TPSA) is 38.5 Å². The molecule has 0 saturated carbocycles. The van der Waals surface area contributed by atoms with Crippen LogP contribution < -0.4 is 15.4 Å². The second-order valence-electron chi connectivity index (χ2n) is 4.17. The summed E-state index contributed by atoms with van der Waals surface area (Å²) in [5.41, 5.74) is 6.34. The third-order valence-electron chi connectivity index (χ3n) is 3.20. The minimum Gasteiger partial charge on any atom is -0.483 e. The van der Waals surface area contributed by atoms with Gasteiger partial charge in [-0.1, -0.05) is 6.07 Å². The van der Waals surface area contributed by atoms with Crippen LogP contribution in [0.2, 0.25) is 0 Å². The average molecular weight is 224 g/mol. The van der Waals surface area contributed by atoms with Gasteiger partial charge in [0.25, 0.3) is 0 Å². The van der Waals surface area contributed by atoms with Crippen LogP contribution in [0.4, 0.5) is 10.1 Å². The first-order valence-corrected chi connectivity index (χ1v) is 5.53. The largest absolute Gasteiger partial charge is 0.483 e. The maximum atomic E-state index is 13.6. The second kappa shape index (κ2) is 4.29. The molecule has 2 N–H and O–H groups in total. The smallest absolute Gasteiger partial charge is 0.178 e. The SMILES string of the molecule is CC1C(CCN)Oc2c(F)cccc2N1C. The van der Waals surface area contributed by atoms with Gasteiger partial charge in [-0.2, -0.15) is 0 Å². The number of nitrogens with zero attached hydrogens (tertiary/aromatic N) is 1. The van der Waals surface area contributed by atoms with Crippen LogP contribution >= 0.6 is 0 Å². The monoisotopic (exact) mass is 224 g/mol. The predicted molar refractivity (Wildman–Crippen MR) is 62.4 cm³/mol. The quantitative estimate of drug-likeness (QED) is 0.832. The Bertz CT molecular complexity index is 383. The zero-order valence-corrected chi connectivity index (χ0v) is 9.61. The molecule has 16 heavy (non-hydrogen) atoms. The first-order chi connectivity index (χ1) is 7.65. The lowest BCUT2D eigenvalue weighted by Gasteiger charge is -2.39. The number of likely N-dealkylation sites (N-methyl/N-ethyl adjacent to an activating group) is 1. The molecule has 0 radical (unpaired) electrons. The van der Waals surface area contributed by atoms with Gasteiger partial charge in [-0.25, -0.2) is 4.39 Å². The molecule has 88 valence electrons. The van der Waals surface area contributed by atoms with Gasteiger partial charge in [0.1, 0.15) is 6.10 Å². The Kier molecular flexibility index (Phi) is 3.01. The van der Waals surface area contributed by atoms with E-state index in [9.17, 15) is 4.39 Å². The third-order valence-corrected chi connectivity index (χ3v) is 3.20. The van der Waals surface area contributed by atoms with Crippen molar-refractivity contribution >= 4 is 5.69 Å². The van der Waals surface area contributed by atoms with E-state index in [1.165, 1.54) is 6.07 Å². The summed E-state index contributed by atoms with van der Waals surface area (Å²) in [6.45, 7) is 2.61. The minimum absolute atomic E-state index is 0.0422. The molecule has 0 fully saturated rings. The van der Waals surface area contributed by atoms with Crippen LogP contribution in [0.15, 0.2) is 18.2 Å². The Balaban J connectivity index is 2.36. The van der Waals surface area contributed by atoms with Gasteiger partial charge in [0.2, 0.25) is 0 Å². The number of para-hydroxylation sites is 1. The molecule has 0 amide bonds. The Morgan fingerprint density at radius 3 is 2.94 bits per heavy atom. The van der Waals surface area contributed by atoms with E-state index in [1.54, 1.807) is 6.07 Å². The number of rotatable bonds is 2. The number of hydrogen-bond acceptors (Lipinski definition) is 3. The van der Waals surface area contributed by atoms with E-state index < -0.39 is 0 Å². The fraction of sp³-hybridized carbons (Fsp3) is 0.500. The van der Waals surface area contributed by atoms with Gasteiger partial charge in [-0.05, 0) is 32.0 Å². The molecule has 2 atom stereocenters. The van der Waals surface area contributed by atoms with Crippen LogP contribution in [0.5, 0.6) is 5.75 Å². The molecule has 0 aliphatic carbocycles. The zero-order chi connectivity index (χ0) is 11.7. The van der Waals surface area contributed by atoms with Gasteiger partial charge < -0.3 is 15.4 Å². The average Bonchev–Trinajstić information content (AvgIpc) is 2.27. The zero-order valence-electron chi connectivity index (χ0n) is 9.61. The molecule has 1 aliphatic heterocycles. The summed E-state index contributed by atoms with van der Waals surface area (Å²) in [4.78, 5) is 2.04. The summed E-state index contributed by atoms with van der Waals surface area (Å²) in [5.74, 6) is 0.0415. The fourth-order valence-electron chi connectivity index (χ4n) is 2.07. The van der Waals surface area contributed by atoms with Crippen molar-refractivity contribution in [3.63, 3.8) is 0 Å². The Hall–Kier alpha value is -1.29. The summed E-state index contributed by atoms with van der Waals surface area (Å²) in [6.07, 6.45) is 0.693. The van der Waals surface area contributed by atoms with Crippen LogP contribution in [0.25, 0.3) is 0 Å². The van der Waals surface area contributed by atoms with Crippen molar-refractivity contribution in [1.82, 2.24) is 0 Å². The van der Waals surface area contributed by atoms with E-state index in [0.29, 0.717) is 12.3 Å². The summed E-state index contributed by atoms with van der Waals surface area (Å²) in [5, 5.41) is 0. The lowest BCUT2D eigenvalue weighted by molar-refractivity contribution is 0.147. The lowest BCUT2D eigenvalue weighted by Crippen LogP contribution is -2.47. The first-order valence-electron chi connectivity index (χ1n) is 5.53. The normalized spacial score (nSPS) is 23.9. The van der Waals surface area contributed by atoms with E-state index >= 15 is 0 Å². The number of hydrogen-bond donors (Lipinski definition) is 1. The molecule has 4 heteroatoms. The Morgan fingerprint density at radius 1 is 1.50 bits per heavy atom. The molecule has 0 bridgehead atoms. The highest BCUT2D eigenvalue weighted by atomic mass is 19.1. The van der Waals surface area contributed by atoms with Gasteiger partial charge in [-0.15, -0.1) is 0 Å². The third kappa shape index (κ3) is 1.73. The molecule has 3 nitrogen and oxygen atoms in total. The van der Waals surface area contributed by atoms with Gasteiger partial charge in [0.05, 0.1) is 11.7 Å². The maximum absolute atomic E-state index is 13.6. The van der Waals surface area contributed by atoms with E-state index in [0.717, 1.165) is 12.1 Å². The highest BCUT2D eigenvalue weighted by molar-refractivity contribution is 5.61. The predicted octanol–water partition coefficient (Wildman–Crippen LogP) is 1.76. The van der Waals surface area contributed by atoms with Crippen LogP contribution in [0, 0.1) is 5.82 Å². The molecule has 1 aromatic rings. The summed E-state index contributed by atoms with van der Waals surface area (Å²) in [6, 6.07) is 5.19. The van der Waals surface area contributed by atoms with E-state index in [1.807, 2.05) is 18.0 Å². The maximum Gasteiger partial charge on any atom is 0.178 e. The molecule has 1 heterocycles. The van der Waals surface area contributed by atoms with Crippen LogP contribution in [-0.2, 0) is 0 Å². The van der Waals surface area contributed by atoms with Crippen LogP contribution in [0.1, 0.15) is 13.3 Å². The van der Waals surface area contributed by atoms with Crippen molar-refractivity contribution in [1.29, 1.82) is 0 Å². The van der Waals surface area contributed by atoms with E-state index in [-0.39, 0.29) is 18.0 Å². The summed E-state index contributed by atoms with van der Waals surface area (Å²) in [7, 11) is 1.95. The fourth-order valence-corrected chi connectivity index (χ4v) is 2.07. The minimum atomic E-state index is -0.307. The van der Waals surface area contributed by atoms with Gasteiger partial charge in [-0.3, -0.25) is 0 Å². The lowest BCUT2D eigenvalue weighted by atomic mass is 10.0. The van der Waals surface area contributed by atoms with Crippen molar-refractivity contribution in [3.05, 3.63) is 24.0 Å². The number of anilines is 1. The Morgan fingerprint density at radius 2 is 2.25 bits per heavy atom. The van der Waals surface area contributed by atoms with Crippen molar-refractivity contribution < 1.29 is 9.13 Å². The first kappa shape index (κ1) is 11.2. The number of halogens is 1.